The maximum atomic E-state index is 5.88. The molecule has 5 nitrogen and oxygen atoms in total. The van der Waals surface area contributed by atoms with E-state index in [9.17, 15) is 0 Å². The highest BCUT2D eigenvalue weighted by Gasteiger charge is 2.23. The molecule has 0 atom stereocenters. The highest BCUT2D eigenvalue weighted by atomic mass is 35.5. The molecule has 1 aromatic rings. The zero-order chi connectivity index (χ0) is 13.8. The summed E-state index contributed by atoms with van der Waals surface area (Å²) in [7, 11) is 0. The lowest BCUT2D eigenvalue weighted by Crippen LogP contribution is -2.49. The molecule has 2 aliphatic heterocycles. The van der Waals surface area contributed by atoms with E-state index in [4.69, 9.17) is 4.74 Å². The van der Waals surface area contributed by atoms with Crippen LogP contribution >= 0.6 is 12.4 Å². The zero-order valence-electron chi connectivity index (χ0n) is 12.6. The Kier molecular flexibility index (Phi) is 6.21. The first-order valence-corrected chi connectivity index (χ1v) is 7.73. The molecule has 2 aliphatic rings. The zero-order valence-corrected chi connectivity index (χ0v) is 13.4. The Hall–Kier alpha value is -0.910. The molecule has 0 radical (unpaired) electrons. The molecular formula is C15H25ClN4O. The van der Waals surface area contributed by atoms with Crippen LogP contribution < -0.4 is 10.2 Å². The molecule has 1 N–H and O–H groups in total. The van der Waals surface area contributed by atoms with Crippen molar-refractivity contribution < 1.29 is 4.74 Å². The first-order chi connectivity index (χ1) is 9.85. The van der Waals surface area contributed by atoms with Gasteiger partial charge in [0.05, 0.1) is 12.7 Å². The summed E-state index contributed by atoms with van der Waals surface area (Å²) in [5.41, 5.74) is 1.20. The van der Waals surface area contributed by atoms with Crippen LogP contribution in [0.2, 0.25) is 0 Å². The number of ether oxygens (including phenoxy) is 1. The number of piperidine rings is 1. The average molecular weight is 313 g/mol. The molecule has 0 unspecified atom stereocenters. The van der Waals surface area contributed by atoms with Crippen LogP contribution in [0.5, 0.6) is 0 Å². The van der Waals surface area contributed by atoms with E-state index in [1.165, 1.54) is 18.4 Å². The molecule has 2 fully saturated rings. The minimum atomic E-state index is 0. The molecule has 21 heavy (non-hydrogen) atoms. The van der Waals surface area contributed by atoms with Gasteiger partial charge in [-0.15, -0.1) is 12.4 Å². The Morgan fingerprint density at radius 3 is 2.43 bits per heavy atom. The van der Waals surface area contributed by atoms with Crippen molar-refractivity contribution in [2.45, 2.75) is 32.3 Å². The van der Waals surface area contributed by atoms with Crippen molar-refractivity contribution >= 4 is 18.4 Å². The van der Waals surface area contributed by atoms with E-state index in [2.05, 4.69) is 27.1 Å². The average Bonchev–Trinajstić information content (AvgIpc) is 2.46. The summed E-state index contributed by atoms with van der Waals surface area (Å²) < 4.78 is 5.88. The lowest BCUT2D eigenvalue weighted by molar-refractivity contribution is -0.00465. The third kappa shape index (κ3) is 4.28. The Balaban J connectivity index is 0.00000161. The standard InChI is InChI=1S/C15H24N4O.ClH/c1-2-12-7-17-15(18-8-12)19-5-3-13(4-6-19)11-20-14-9-16-10-14;/h7-8,13-14,16H,2-6,9-11H2,1H3;1H. The van der Waals surface area contributed by atoms with E-state index in [0.29, 0.717) is 12.0 Å². The van der Waals surface area contributed by atoms with Crippen molar-refractivity contribution in [3.05, 3.63) is 18.0 Å². The minimum absolute atomic E-state index is 0. The number of nitrogens with zero attached hydrogens (tertiary/aromatic N) is 3. The van der Waals surface area contributed by atoms with Gasteiger partial charge in [-0.3, -0.25) is 0 Å². The normalized spacial score (nSPS) is 20.0. The third-order valence-corrected chi connectivity index (χ3v) is 4.31. The topological polar surface area (TPSA) is 50.3 Å². The van der Waals surface area contributed by atoms with Crippen LogP contribution in [-0.4, -0.2) is 48.9 Å². The summed E-state index contributed by atoms with van der Waals surface area (Å²) >= 11 is 0. The Labute approximate surface area is 132 Å². The summed E-state index contributed by atoms with van der Waals surface area (Å²) in [6.45, 7) is 7.18. The number of hydrogen-bond acceptors (Lipinski definition) is 5. The molecule has 3 rings (SSSR count). The van der Waals surface area contributed by atoms with Crippen LogP contribution in [-0.2, 0) is 11.2 Å². The molecule has 1 aromatic heterocycles. The molecule has 0 bridgehead atoms. The number of halogens is 1. The van der Waals surface area contributed by atoms with Crippen molar-refractivity contribution in [1.29, 1.82) is 0 Å². The fraction of sp³-hybridized carbons (Fsp3) is 0.733. The van der Waals surface area contributed by atoms with Gasteiger partial charge in [-0.05, 0) is 30.7 Å². The molecule has 3 heterocycles. The van der Waals surface area contributed by atoms with Gasteiger partial charge in [-0.25, -0.2) is 9.97 Å². The Morgan fingerprint density at radius 2 is 1.90 bits per heavy atom. The molecule has 6 heteroatoms. The summed E-state index contributed by atoms with van der Waals surface area (Å²) in [4.78, 5) is 11.2. The van der Waals surface area contributed by atoms with Crippen LogP contribution in [0.15, 0.2) is 12.4 Å². The number of nitrogens with one attached hydrogen (secondary N) is 1. The lowest BCUT2D eigenvalue weighted by atomic mass is 9.98. The number of rotatable bonds is 5. The predicted octanol–water partition coefficient (Wildman–Crippen LogP) is 1.67. The van der Waals surface area contributed by atoms with Gasteiger partial charge in [-0.2, -0.15) is 0 Å². The van der Waals surface area contributed by atoms with E-state index >= 15 is 0 Å². The van der Waals surface area contributed by atoms with Crippen molar-refractivity contribution in [2.75, 3.05) is 37.7 Å². The molecule has 0 aliphatic carbocycles. The Morgan fingerprint density at radius 1 is 1.24 bits per heavy atom. The molecule has 2 saturated heterocycles. The molecule has 0 aromatic carbocycles. The summed E-state index contributed by atoms with van der Waals surface area (Å²) in [6.07, 6.45) is 7.70. The van der Waals surface area contributed by atoms with Crippen LogP contribution in [0.4, 0.5) is 5.95 Å². The van der Waals surface area contributed by atoms with Crippen LogP contribution in [0, 0.1) is 5.92 Å². The fourth-order valence-corrected chi connectivity index (χ4v) is 2.65. The second-order valence-electron chi connectivity index (χ2n) is 5.79. The quantitative estimate of drug-likeness (QED) is 0.896. The van der Waals surface area contributed by atoms with Gasteiger partial charge in [0.1, 0.15) is 0 Å². The molecule has 118 valence electrons. The van der Waals surface area contributed by atoms with Gasteiger partial charge in [0, 0.05) is 38.6 Å². The lowest BCUT2D eigenvalue weighted by Gasteiger charge is -2.34. The Bertz CT molecular complexity index is 416. The first kappa shape index (κ1) is 16.5. The van der Waals surface area contributed by atoms with Gasteiger partial charge in [-0.1, -0.05) is 6.92 Å². The number of hydrogen-bond donors (Lipinski definition) is 1. The van der Waals surface area contributed by atoms with E-state index in [-0.39, 0.29) is 12.4 Å². The van der Waals surface area contributed by atoms with Gasteiger partial charge < -0.3 is 15.0 Å². The number of aromatic nitrogens is 2. The maximum absolute atomic E-state index is 5.88. The molecule has 0 saturated carbocycles. The van der Waals surface area contributed by atoms with E-state index in [0.717, 1.165) is 45.2 Å². The van der Waals surface area contributed by atoms with E-state index in [1.54, 1.807) is 0 Å². The smallest absolute Gasteiger partial charge is 0.225 e. The molecule has 0 spiro atoms. The van der Waals surface area contributed by atoms with Crippen molar-refractivity contribution in [3.8, 4) is 0 Å². The van der Waals surface area contributed by atoms with Crippen LogP contribution in [0.3, 0.4) is 0 Å². The van der Waals surface area contributed by atoms with E-state index < -0.39 is 0 Å². The summed E-state index contributed by atoms with van der Waals surface area (Å²) in [6, 6.07) is 0. The monoisotopic (exact) mass is 312 g/mol. The van der Waals surface area contributed by atoms with Crippen molar-refractivity contribution in [3.63, 3.8) is 0 Å². The van der Waals surface area contributed by atoms with Gasteiger partial charge in [0.2, 0.25) is 5.95 Å². The van der Waals surface area contributed by atoms with Gasteiger partial charge in [0.15, 0.2) is 0 Å². The minimum Gasteiger partial charge on any atom is -0.375 e. The number of anilines is 1. The van der Waals surface area contributed by atoms with Crippen molar-refractivity contribution in [1.82, 2.24) is 15.3 Å². The number of aryl methyl sites for hydroxylation is 1. The third-order valence-electron chi connectivity index (χ3n) is 4.31. The first-order valence-electron chi connectivity index (χ1n) is 7.73. The molecular weight excluding hydrogens is 288 g/mol. The summed E-state index contributed by atoms with van der Waals surface area (Å²) in [5.74, 6) is 1.58. The summed E-state index contributed by atoms with van der Waals surface area (Å²) in [5, 5.41) is 3.24. The second-order valence-corrected chi connectivity index (χ2v) is 5.79. The largest absolute Gasteiger partial charge is 0.375 e. The van der Waals surface area contributed by atoms with E-state index in [1.807, 2.05) is 12.4 Å². The molecule has 0 amide bonds. The second kappa shape index (κ2) is 7.92. The maximum Gasteiger partial charge on any atom is 0.225 e. The highest BCUT2D eigenvalue weighted by molar-refractivity contribution is 5.85. The van der Waals surface area contributed by atoms with Crippen LogP contribution in [0.1, 0.15) is 25.3 Å². The van der Waals surface area contributed by atoms with Crippen molar-refractivity contribution in [2.24, 2.45) is 5.92 Å². The van der Waals surface area contributed by atoms with Gasteiger partial charge >= 0.3 is 0 Å². The predicted molar refractivity (Wildman–Crippen MR) is 86.2 cm³/mol. The SMILES string of the molecule is CCc1cnc(N2CCC(COC3CNC3)CC2)nc1.Cl. The van der Waals surface area contributed by atoms with Crippen LogP contribution in [0.25, 0.3) is 0 Å². The van der Waals surface area contributed by atoms with Gasteiger partial charge in [0.25, 0.3) is 0 Å². The highest BCUT2D eigenvalue weighted by Crippen LogP contribution is 2.21. The fourth-order valence-electron chi connectivity index (χ4n) is 2.65.